The van der Waals surface area contributed by atoms with Gasteiger partial charge in [0.05, 0.1) is 25.4 Å². The number of anilines is 1. The van der Waals surface area contributed by atoms with E-state index in [-0.39, 0.29) is 5.91 Å². The summed E-state index contributed by atoms with van der Waals surface area (Å²) in [5.74, 6) is 0.853. The molecule has 6 heteroatoms. The first-order valence-electron chi connectivity index (χ1n) is 9.48. The zero-order valence-electron chi connectivity index (χ0n) is 15.5. The fraction of sp³-hybridized carbons (Fsp3) is 0.600. The van der Waals surface area contributed by atoms with Gasteiger partial charge in [-0.05, 0) is 25.0 Å². The fourth-order valence-electron chi connectivity index (χ4n) is 3.97. The molecule has 26 heavy (non-hydrogen) atoms. The number of ether oxygens (including phenoxy) is 1. The molecule has 0 unspecified atom stereocenters. The van der Waals surface area contributed by atoms with Crippen LogP contribution in [0.25, 0.3) is 0 Å². The van der Waals surface area contributed by atoms with Gasteiger partial charge < -0.3 is 15.0 Å². The molecule has 1 aliphatic heterocycles. The lowest BCUT2D eigenvalue weighted by molar-refractivity contribution is -0.124. The van der Waals surface area contributed by atoms with Gasteiger partial charge in [-0.3, -0.25) is 9.69 Å². The minimum Gasteiger partial charge on any atom is -0.495 e. The van der Waals surface area contributed by atoms with Crippen LogP contribution in [-0.2, 0) is 4.79 Å². The van der Waals surface area contributed by atoms with E-state index in [0.29, 0.717) is 6.54 Å². The Bertz CT molecular complexity index is 656. The summed E-state index contributed by atoms with van der Waals surface area (Å²) < 4.78 is 5.45. The van der Waals surface area contributed by atoms with Gasteiger partial charge in [-0.1, -0.05) is 31.4 Å². The van der Waals surface area contributed by atoms with Crippen LogP contribution in [-0.4, -0.2) is 56.2 Å². The molecule has 0 bridgehead atoms. The number of carbonyl (C=O) groups is 1. The summed E-state index contributed by atoms with van der Waals surface area (Å²) in [6.07, 6.45) is 4.74. The van der Waals surface area contributed by atoms with Crippen molar-refractivity contribution in [3.05, 3.63) is 24.3 Å². The number of nitrogens with zero attached hydrogens (tertiary/aromatic N) is 3. The van der Waals surface area contributed by atoms with Gasteiger partial charge in [0.2, 0.25) is 5.91 Å². The minimum absolute atomic E-state index is 0.0285. The molecule has 6 nitrogen and oxygen atoms in total. The van der Waals surface area contributed by atoms with Crippen LogP contribution in [0.5, 0.6) is 5.75 Å². The largest absolute Gasteiger partial charge is 0.495 e. The van der Waals surface area contributed by atoms with Crippen molar-refractivity contribution in [2.75, 3.05) is 44.7 Å². The Hall–Kier alpha value is -2.26. The van der Waals surface area contributed by atoms with Crippen LogP contribution in [0.15, 0.2) is 24.3 Å². The SMILES string of the molecule is COc1ccccc1N1CCN(CC(=O)NC2(C#N)CCCCC2)CC1. The standard InChI is InChI=1S/C20H28N4O2/c1-26-18-8-4-3-7-17(18)24-13-11-23(12-14-24)15-19(25)22-20(16-21)9-5-2-6-10-20/h3-4,7-8H,2,5-6,9-15H2,1H3,(H,22,25). The Balaban J connectivity index is 1.51. The molecule has 1 heterocycles. The highest BCUT2D eigenvalue weighted by Gasteiger charge is 2.34. The number of hydrogen-bond donors (Lipinski definition) is 1. The predicted octanol–water partition coefficient (Wildman–Crippen LogP) is 2.16. The number of piperazine rings is 1. The Morgan fingerprint density at radius 2 is 1.88 bits per heavy atom. The van der Waals surface area contributed by atoms with Gasteiger partial charge in [-0.2, -0.15) is 5.26 Å². The first-order chi connectivity index (χ1) is 12.7. The minimum atomic E-state index is -0.644. The van der Waals surface area contributed by atoms with Crippen molar-refractivity contribution < 1.29 is 9.53 Å². The third-order valence-corrected chi connectivity index (χ3v) is 5.47. The van der Waals surface area contributed by atoms with Crippen LogP contribution in [0.4, 0.5) is 5.69 Å². The predicted molar refractivity (Wildman–Crippen MR) is 101 cm³/mol. The quantitative estimate of drug-likeness (QED) is 0.876. The fourth-order valence-corrected chi connectivity index (χ4v) is 3.97. The Labute approximate surface area is 155 Å². The van der Waals surface area contributed by atoms with Gasteiger partial charge in [-0.15, -0.1) is 0 Å². The van der Waals surface area contributed by atoms with Crippen LogP contribution in [0.2, 0.25) is 0 Å². The number of methoxy groups -OCH3 is 1. The second-order valence-electron chi connectivity index (χ2n) is 7.24. The van der Waals surface area contributed by atoms with Crippen LogP contribution < -0.4 is 15.0 Å². The van der Waals surface area contributed by atoms with Gasteiger partial charge in [0.15, 0.2) is 0 Å². The number of rotatable bonds is 5. The molecule has 0 radical (unpaired) electrons. The number of nitriles is 1. The van der Waals surface area contributed by atoms with Gasteiger partial charge in [-0.25, -0.2) is 0 Å². The Morgan fingerprint density at radius 3 is 2.54 bits per heavy atom. The zero-order chi connectivity index (χ0) is 18.4. The summed E-state index contributed by atoms with van der Waals surface area (Å²) >= 11 is 0. The lowest BCUT2D eigenvalue weighted by Gasteiger charge is -2.37. The van der Waals surface area contributed by atoms with E-state index in [4.69, 9.17) is 4.74 Å². The second kappa shape index (κ2) is 8.41. The average Bonchev–Trinajstić information content (AvgIpc) is 2.69. The molecule has 1 aliphatic carbocycles. The summed E-state index contributed by atoms with van der Waals surface area (Å²) in [5, 5.41) is 12.5. The highest BCUT2D eigenvalue weighted by Crippen LogP contribution is 2.29. The van der Waals surface area contributed by atoms with E-state index in [9.17, 15) is 10.1 Å². The van der Waals surface area contributed by atoms with Crippen molar-refractivity contribution in [3.63, 3.8) is 0 Å². The average molecular weight is 356 g/mol. The van der Waals surface area contributed by atoms with Crippen LogP contribution >= 0.6 is 0 Å². The molecule has 140 valence electrons. The number of nitrogens with one attached hydrogen (secondary N) is 1. The van der Waals surface area contributed by atoms with E-state index in [1.807, 2.05) is 18.2 Å². The van der Waals surface area contributed by atoms with Crippen LogP contribution in [0.1, 0.15) is 32.1 Å². The molecular formula is C20H28N4O2. The van der Waals surface area contributed by atoms with Gasteiger partial charge >= 0.3 is 0 Å². The summed E-state index contributed by atoms with van der Waals surface area (Å²) in [6.45, 7) is 3.73. The molecule has 0 spiro atoms. The maximum absolute atomic E-state index is 12.5. The molecule has 0 aromatic heterocycles. The summed E-state index contributed by atoms with van der Waals surface area (Å²) in [4.78, 5) is 16.9. The number of para-hydroxylation sites is 2. The maximum atomic E-state index is 12.5. The summed E-state index contributed by atoms with van der Waals surface area (Å²) in [5.41, 5.74) is 0.457. The third kappa shape index (κ3) is 4.28. The molecule has 1 saturated carbocycles. The molecule has 2 fully saturated rings. The molecule has 1 amide bonds. The maximum Gasteiger partial charge on any atom is 0.235 e. The summed E-state index contributed by atoms with van der Waals surface area (Å²) in [7, 11) is 1.69. The third-order valence-electron chi connectivity index (χ3n) is 5.47. The lowest BCUT2D eigenvalue weighted by Crippen LogP contribution is -2.54. The topological polar surface area (TPSA) is 68.6 Å². The van der Waals surface area contributed by atoms with E-state index in [0.717, 1.165) is 69.7 Å². The van der Waals surface area contributed by atoms with E-state index in [1.165, 1.54) is 0 Å². The van der Waals surface area contributed by atoms with Crippen LogP contribution in [0, 0.1) is 11.3 Å². The molecule has 2 aliphatic rings. The van der Waals surface area contributed by atoms with Crippen LogP contribution in [0.3, 0.4) is 0 Å². The van der Waals surface area contributed by atoms with Crippen molar-refractivity contribution in [2.24, 2.45) is 0 Å². The van der Waals surface area contributed by atoms with Crippen molar-refractivity contribution in [3.8, 4) is 11.8 Å². The highest BCUT2D eigenvalue weighted by molar-refractivity contribution is 5.79. The molecule has 3 rings (SSSR count). The van der Waals surface area contributed by atoms with E-state index in [1.54, 1.807) is 7.11 Å². The number of benzene rings is 1. The second-order valence-corrected chi connectivity index (χ2v) is 7.24. The first kappa shape index (κ1) is 18.5. The van der Waals surface area contributed by atoms with Gasteiger partial charge in [0.25, 0.3) is 0 Å². The van der Waals surface area contributed by atoms with Crippen molar-refractivity contribution >= 4 is 11.6 Å². The molecule has 0 atom stereocenters. The lowest BCUT2D eigenvalue weighted by atomic mass is 9.83. The molecule has 1 saturated heterocycles. The molecule has 1 aromatic rings. The number of carbonyl (C=O) groups excluding carboxylic acids is 1. The highest BCUT2D eigenvalue weighted by atomic mass is 16.5. The van der Waals surface area contributed by atoms with Crippen molar-refractivity contribution in [1.29, 1.82) is 5.26 Å². The summed E-state index contributed by atoms with van der Waals surface area (Å²) in [6, 6.07) is 10.4. The first-order valence-corrected chi connectivity index (χ1v) is 9.48. The number of hydrogen-bond acceptors (Lipinski definition) is 5. The molecular weight excluding hydrogens is 328 g/mol. The number of amides is 1. The van der Waals surface area contributed by atoms with Crippen molar-refractivity contribution in [1.82, 2.24) is 10.2 Å². The smallest absolute Gasteiger partial charge is 0.235 e. The van der Waals surface area contributed by atoms with E-state index >= 15 is 0 Å². The van der Waals surface area contributed by atoms with Gasteiger partial charge in [0, 0.05) is 26.2 Å². The van der Waals surface area contributed by atoms with Gasteiger partial charge in [0.1, 0.15) is 11.3 Å². The van der Waals surface area contributed by atoms with E-state index < -0.39 is 5.54 Å². The molecule has 1 aromatic carbocycles. The Kier molecular flexibility index (Phi) is 6.00. The van der Waals surface area contributed by atoms with Crippen molar-refractivity contribution in [2.45, 2.75) is 37.6 Å². The zero-order valence-corrected chi connectivity index (χ0v) is 15.5. The van der Waals surface area contributed by atoms with E-state index in [2.05, 4.69) is 27.3 Å². The normalized spacial score (nSPS) is 20.2. The monoisotopic (exact) mass is 356 g/mol. The Morgan fingerprint density at radius 1 is 1.19 bits per heavy atom. The molecule has 1 N–H and O–H groups in total.